The number of carbonyl (C=O) groups excluding carboxylic acids is 3. The van der Waals surface area contributed by atoms with Crippen LogP contribution in [0, 0.1) is 5.41 Å². The van der Waals surface area contributed by atoms with Crippen molar-refractivity contribution < 1.29 is 14.4 Å². The zero-order chi connectivity index (χ0) is 29.8. The van der Waals surface area contributed by atoms with Crippen LogP contribution in [0.4, 0.5) is 5.69 Å². The second-order valence-electron chi connectivity index (χ2n) is 13.3. The van der Waals surface area contributed by atoms with Crippen molar-refractivity contribution in [1.29, 1.82) is 0 Å². The van der Waals surface area contributed by atoms with Gasteiger partial charge in [0, 0.05) is 31.7 Å². The van der Waals surface area contributed by atoms with Crippen molar-refractivity contribution in [3.05, 3.63) is 64.7 Å². The minimum atomic E-state index is -0.718. The van der Waals surface area contributed by atoms with Crippen LogP contribution < -0.4 is 16.4 Å². The number of carbonyl (C=O) groups is 3. The Morgan fingerprint density at radius 1 is 0.953 bits per heavy atom. The summed E-state index contributed by atoms with van der Waals surface area (Å²) in [6, 6.07) is 13.2. The van der Waals surface area contributed by atoms with E-state index in [4.69, 9.17) is 5.73 Å². The Bertz CT molecular complexity index is 1340. The summed E-state index contributed by atoms with van der Waals surface area (Å²) in [6.07, 6.45) is 11.6. The van der Waals surface area contributed by atoms with Gasteiger partial charge in [0.25, 0.3) is 0 Å². The SMILES string of the molecule is NCC[C@H](NC(=O)[C@@H]1Cc2ccccc2CN1CCCC(=O)N1CCCC2(CCC2)C1)C(=O)Nc1ccc2c(c1)CCC2. The van der Waals surface area contributed by atoms with Gasteiger partial charge in [-0.3, -0.25) is 19.3 Å². The normalized spacial score (nSPS) is 21.4. The number of nitrogens with zero attached hydrogens (tertiary/aromatic N) is 2. The number of likely N-dealkylation sites (tertiary alicyclic amines) is 1. The molecule has 2 heterocycles. The average Bonchev–Trinajstić information content (AvgIpc) is 3.47. The fraction of sp³-hybridized carbons (Fsp3) is 0.571. The molecule has 6 rings (SSSR count). The molecule has 2 aliphatic heterocycles. The molecule has 1 saturated heterocycles. The minimum Gasteiger partial charge on any atom is -0.343 e. The number of benzene rings is 2. The lowest BCUT2D eigenvalue weighted by atomic mass is 9.64. The molecule has 1 saturated carbocycles. The van der Waals surface area contributed by atoms with Crippen LogP contribution in [-0.2, 0) is 40.2 Å². The van der Waals surface area contributed by atoms with E-state index in [-0.39, 0.29) is 17.7 Å². The van der Waals surface area contributed by atoms with E-state index in [2.05, 4.69) is 44.7 Å². The van der Waals surface area contributed by atoms with E-state index in [0.717, 1.165) is 50.0 Å². The topological polar surface area (TPSA) is 108 Å². The first-order chi connectivity index (χ1) is 20.9. The zero-order valence-electron chi connectivity index (χ0n) is 25.4. The van der Waals surface area contributed by atoms with Crippen molar-refractivity contribution in [2.75, 3.05) is 31.5 Å². The molecule has 2 aliphatic carbocycles. The zero-order valence-corrected chi connectivity index (χ0v) is 25.4. The molecule has 2 fully saturated rings. The van der Waals surface area contributed by atoms with Crippen LogP contribution in [-0.4, -0.2) is 65.8 Å². The maximum atomic E-state index is 13.8. The summed E-state index contributed by atoms with van der Waals surface area (Å²) in [4.78, 5) is 44.6. The van der Waals surface area contributed by atoms with Gasteiger partial charge < -0.3 is 21.3 Å². The third-order valence-electron chi connectivity index (χ3n) is 10.4. The predicted molar refractivity (Wildman–Crippen MR) is 168 cm³/mol. The monoisotopic (exact) mass is 585 g/mol. The summed E-state index contributed by atoms with van der Waals surface area (Å²) in [5.41, 5.74) is 12.0. The third-order valence-corrected chi connectivity index (χ3v) is 10.4. The van der Waals surface area contributed by atoms with Gasteiger partial charge in [0.2, 0.25) is 17.7 Å². The van der Waals surface area contributed by atoms with E-state index in [1.165, 1.54) is 42.4 Å². The molecular weight excluding hydrogens is 538 g/mol. The van der Waals surface area contributed by atoms with Gasteiger partial charge in [-0.05, 0) is 117 Å². The molecule has 3 amide bonds. The van der Waals surface area contributed by atoms with Crippen molar-refractivity contribution in [2.24, 2.45) is 11.1 Å². The molecule has 2 atom stereocenters. The van der Waals surface area contributed by atoms with Crippen molar-refractivity contribution in [2.45, 2.75) is 95.7 Å². The number of hydrogen-bond acceptors (Lipinski definition) is 5. The van der Waals surface area contributed by atoms with Gasteiger partial charge in [-0.1, -0.05) is 36.8 Å². The number of aryl methyl sites for hydroxylation is 2. The van der Waals surface area contributed by atoms with Crippen LogP contribution >= 0.6 is 0 Å². The van der Waals surface area contributed by atoms with Crippen LogP contribution in [0.15, 0.2) is 42.5 Å². The molecule has 0 radical (unpaired) electrons. The van der Waals surface area contributed by atoms with Crippen molar-refractivity contribution in [3.63, 3.8) is 0 Å². The quantitative estimate of drug-likeness (QED) is 0.392. The number of nitrogens with two attached hydrogens (primary N) is 1. The van der Waals surface area contributed by atoms with Crippen molar-refractivity contribution in [1.82, 2.24) is 15.1 Å². The Kier molecular flexibility index (Phi) is 9.14. The van der Waals surface area contributed by atoms with E-state index >= 15 is 0 Å². The molecule has 2 aromatic carbocycles. The van der Waals surface area contributed by atoms with E-state index in [1.54, 1.807) is 0 Å². The molecule has 0 bridgehead atoms. The number of amides is 3. The lowest BCUT2D eigenvalue weighted by Crippen LogP contribution is -2.55. The van der Waals surface area contributed by atoms with Gasteiger partial charge >= 0.3 is 0 Å². The Morgan fingerprint density at radius 2 is 1.74 bits per heavy atom. The lowest BCUT2D eigenvalue weighted by Gasteiger charge is -2.49. The maximum absolute atomic E-state index is 13.8. The molecular formula is C35H47N5O3. The number of nitrogens with one attached hydrogen (secondary N) is 2. The number of piperidine rings is 1. The van der Waals surface area contributed by atoms with Gasteiger partial charge in [-0.25, -0.2) is 0 Å². The molecule has 0 unspecified atom stereocenters. The summed E-state index contributed by atoms with van der Waals surface area (Å²) in [5.74, 6) is -0.155. The van der Waals surface area contributed by atoms with Crippen molar-refractivity contribution in [3.8, 4) is 0 Å². The first-order valence-corrected chi connectivity index (χ1v) is 16.4. The summed E-state index contributed by atoms with van der Waals surface area (Å²) in [7, 11) is 0. The molecule has 4 aliphatic rings. The number of hydrogen-bond donors (Lipinski definition) is 3. The highest BCUT2D eigenvalue weighted by molar-refractivity contribution is 5.98. The summed E-state index contributed by atoms with van der Waals surface area (Å²) in [5, 5.41) is 6.06. The summed E-state index contributed by atoms with van der Waals surface area (Å²) >= 11 is 0. The highest BCUT2D eigenvalue weighted by Gasteiger charge is 2.41. The van der Waals surface area contributed by atoms with E-state index < -0.39 is 12.1 Å². The van der Waals surface area contributed by atoms with Crippen LogP contribution in [0.25, 0.3) is 0 Å². The predicted octanol–water partition coefficient (Wildman–Crippen LogP) is 3.95. The van der Waals surface area contributed by atoms with Gasteiger partial charge in [0.1, 0.15) is 6.04 Å². The Morgan fingerprint density at radius 3 is 2.53 bits per heavy atom. The number of anilines is 1. The maximum Gasteiger partial charge on any atom is 0.246 e. The molecule has 0 aromatic heterocycles. The standard InChI is InChI=1S/C35H47N5O3/c36-18-14-30(33(42)37-29-13-12-25-9-3-10-26(25)21-29)38-34(43)31-22-27-7-1-2-8-28(27)23-39(31)19-4-11-32(41)40-20-6-17-35(24-40)15-5-16-35/h1-2,7-8,12-13,21,30-31H,3-6,9-11,14-20,22-24,36H2,(H,37,42)(H,38,43)/t30-,31-/m0/s1. The highest BCUT2D eigenvalue weighted by Crippen LogP contribution is 2.47. The van der Waals surface area contributed by atoms with Gasteiger partial charge in [0.15, 0.2) is 0 Å². The van der Waals surface area contributed by atoms with E-state index in [1.807, 2.05) is 18.2 Å². The van der Waals surface area contributed by atoms with Gasteiger partial charge in [-0.2, -0.15) is 0 Å². The molecule has 1 spiro atoms. The first-order valence-electron chi connectivity index (χ1n) is 16.4. The van der Waals surface area contributed by atoms with Crippen LogP contribution in [0.3, 0.4) is 0 Å². The molecule has 2 aromatic rings. The Labute approximate surface area is 255 Å². The van der Waals surface area contributed by atoms with Gasteiger partial charge in [-0.15, -0.1) is 0 Å². The molecule has 8 nitrogen and oxygen atoms in total. The highest BCUT2D eigenvalue weighted by atomic mass is 16.2. The Hall–Kier alpha value is -3.23. The fourth-order valence-electron chi connectivity index (χ4n) is 7.75. The number of rotatable bonds is 10. The van der Waals surface area contributed by atoms with Gasteiger partial charge in [0.05, 0.1) is 6.04 Å². The Balaban J connectivity index is 1.09. The van der Waals surface area contributed by atoms with Crippen LogP contribution in [0.2, 0.25) is 0 Å². The summed E-state index contributed by atoms with van der Waals surface area (Å²) < 4.78 is 0. The summed E-state index contributed by atoms with van der Waals surface area (Å²) in [6.45, 7) is 3.39. The van der Waals surface area contributed by atoms with Crippen molar-refractivity contribution >= 4 is 23.4 Å². The van der Waals surface area contributed by atoms with Crippen LogP contribution in [0.5, 0.6) is 0 Å². The smallest absolute Gasteiger partial charge is 0.246 e. The largest absolute Gasteiger partial charge is 0.343 e. The van der Waals surface area contributed by atoms with E-state index in [0.29, 0.717) is 50.7 Å². The molecule has 43 heavy (non-hydrogen) atoms. The second-order valence-corrected chi connectivity index (χ2v) is 13.3. The molecule has 4 N–H and O–H groups in total. The first kappa shape index (κ1) is 29.8. The minimum absolute atomic E-state index is 0.161. The third kappa shape index (κ3) is 6.80. The number of fused-ring (bicyclic) bond motifs is 2. The average molecular weight is 586 g/mol. The lowest BCUT2D eigenvalue weighted by molar-refractivity contribution is -0.136. The van der Waals surface area contributed by atoms with Crippen LogP contribution in [0.1, 0.15) is 80.0 Å². The molecule has 230 valence electrons. The van der Waals surface area contributed by atoms with E-state index in [9.17, 15) is 14.4 Å². The fourth-order valence-corrected chi connectivity index (χ4v) is 7.75. The second kappa shape index (κ2) is 13.2. The molecule has 8 heteroatoms.